The summed E-state index contributed by atoms with van der Waals surface area (Å²) in [5.41, 5.74) is 7.15. The molecule has 1 unspecified atom stereocenters. The molecule has 3 N–H and O–H groups in total. The van der Waals surface area contributed by atoms with Crippen LogP contribution < -0.4 is 11.1 Å². The lowest BCUT2D eigenvalue weighted by atomic mass is 9.86. The molecule has 0 aromatic carbocycles. The summed E-state index contributed by atoms with van der Waals surface area (Å²) in [6.07, 6.45) is 6.99. The molecule has 2 heterocycles. The fraction of sp³-hybridized carbons (Fsp3) is 0.667. The van der Waals surface area contributed by atoms with Gasteiger partial charge in [0, 0.05) is 23.7 Å². The van der Waals surface area contributed by atoms with Gasteiger partial charge in [-0.2, -0.15) is 0 Å². The molecule has 6 nitrogen and oxygen atoms in total. The third kappa shape index (κ3) is 3.80. The molecule has 2 fully saturated rings. The van der Waals surface area contributed by atoms with Crippen molar-refractivity contribution in [3.63, 3.8) is 0 Å². The minimum Gasteiger partial charge on any atom is -0.444 e. The van der Waals surface area contributed by atoms with E-state index in [1.54, 1.807) is 12.4 Å². The largest absolute Gasteiger partial charge is 0.444 e. The number of nitrogens with two attached hydrogens (primary N) is 1. The first-order valence-corrected chi connectivity index (χ1v) is 8.68. The Kier molecular flexibility index (Phi) is 4.67. The highest BCUT2D eigenvalue weighted by atomic mass is 16.6. The predicted molar refractivity (Wildman–Crippen MR) is 91.4 cm³/mol. The molecule has 3 rings (SSSR count). The highest BCUT2D eigenvalue weighted by Crippen LogP contribution is 2.43. The summed E-state index contributed by atoms with van der Waals surface area (Å²) in [6, 6.07) is 1.94. The van der Waals surface area contributed by atoms with E-state index in [1.807, 2.05) is 26.8 Å². The molecule has 6 heteroatoms. The number of amides is 1. The Bertz CT molecular complexity index is 599. The van der Waals surface area contributed by atoms with E-state index in [0.717, 1.165) is 24.8 Å². The molecule has 1 aliphatic heterocycles. The first-order valence-electron chi connectivity index (χ1n) is 8.68. The van der Waals surface area contributed by atoms with Crippen molar-refractivity contribution < 1.29 is 14.3 Å². The van der Waals surface area contributed by atoms with Crippen molar-refractivity contribution in [3.05, 3.63) is 24.0 Å². The maximum absolute atomic E-state index is 12.2. The quantitative estimate of drug-likeness (QED) is 0.868. The number of ether oxygens (including phenoxy) is 2. The van der Waals surface area contributed by atoms with Crippen molar-refractivity contribution in [2.24, 2.45) is 5.92 Å². The van der Waals surface area contributed by atoms with Gasteiger partial charge in [-0.05, 0) is 46.1 Å². The maximum Gasteiger partial charge on any atom is 0.407 e. The van der Waals surface area contributed by atoms with Crippen LogP contribution in [0, 0.1) is 5.92 Å². The molecule has 1 aromatic heterocycles. The third-order valence-electron chi connectivity index (χ3n) is 4.76. The lowest BCUT2D eigenvalue weighted by Crippen LogP contribution is -2.49. The first-order chi connectivity index (χ1) is 11.3. The van der Waals surface area contributed by atoms with Crippen LogP contribution >= 0.6 is 0 Å². The number of fused-ring (bicyclic) bond motifs is 1. The average Bonchev–Trinajstić information content (AvgIpc) is 2.94. The van der Waals surface area contributed by atoms with Crippen LogP contribution in [0.2, 0.25) is 0 Å². The monoisotopic (exact) mass is 333 g/mol. The van der Waals surface area contributed by atoms with Crippen LogP contribution in [0.3, 0.4) is 0 Å². The topological polar surface area (TPSA) is 86.5 Å². The molecule has 0 bridgehead atoms. The van der Waals surface area contributed by atoms with E-state index < -0.39 is 5.60 Å². The van der Waals surface area contributed by atoms with Crippen LogP contribution in [-0.2, 0) is 9.47 Å². The number of aromatic nitrogens is 1. The van der Waals surface area contributed by atoms with Gasteiger partial charge < -0.3 is 20.5 Å². The number of hydrogen-bond donors (Lipinski definition) is 2. The molecule has 1 saturated carbocycles. The number of hydrogen-bond acceptors (Lipinski definition) is 5. The van der Waals surface area contributed by atoms with Crippen LogP contribution in [-0.4, -0.2) is 28.8 Å². The number of nitrogen functional groups attached to an aromatic ring is 1. The molecule has 132 valence electrons. The summed E-state index contributed by atoms with van der Waals surface area (Å²) in [5, 5.41) is 3.07. The van der Waals surface area contributed by atoms with E-state index in [1.165, 1.54) is 0 Å². The Morgan fingerprint density at radius 1 is 1.42 bits per heavy atom. The first kappa shape index (κ1) is 17.0. The van der Waals surface area contributed by atoms with E-state index in [2.05, 4.69) is 10.3 Å². The van der Waals surface area contributed by atoms with Crippen molar-refractivity contribution in [2.75, 3.05) is 5.73 Å². The second-order valence-electron chi connectivity index (χ2n) is 7.75. The predicted octanol–water partition coefficient (Wildman–Crippen LogP) is 3.19. The van der Waals surface area contributed by atoms with Crippen LogP contribution in [0.25, 0.3) is 0 Å². The number of nitrogens with zero attached hydrogens (tertiary/aromatic N) is 1. The van der Waals surface area contributed by atoms with Gasteiger partial charge >= 0.3 is 6.09 Å². The molecule has 1 aliphatic carbocycles. The fourth-order valence-electron chi connectivity index (χ4n) is 3.79. The third-order valence-corrected chi connectivity index (χ3v) is 4.76. The SMILES string of the molecule is CC(C)(C)OC(=O)N[C@H]1CC(c2ccncc2N)O[C@H]2CCC[C@@H]12. The summed E-state index contributed by atoms with van der Waals surface area (Å²) < 4.78 is 11.7. The minimum absolute atomic E-state index is 0.0404. The molecule has 24 heavy (non-hydrogen) atoms. The number of alkyl carbamates (subject to hydrolysis) is 1. The molecule has 1 amide bonds. The van der Waals surface area contributed by atoms with Crippen LogP contribution in [0.5, 0.6) is 0 Å². The number of nitrogens with one attached hydrogen (secondary N) is 1. The zero-order valence-corrected chi connectivity index (χ0v) is 14.6. The number of carbonyl (C=O) groups is 1. The van der Waals surface area contributed by atoms with Crippen molar-refractivity contribution in [3.8, 4) is 0 Å². The van der Waals surface area contributed by atoms with Crippen molar-refractivity contribution in [2.45, 2.75) is 70.3 Å². The van der Waals surface area contributed by atoms with Crippen LogP contribution in [0.1, 0.15) is 58.1 Å². The Hall–Kier alpha value is -1.82. The van der Waals surface area contributed by atoms with Crippen LogP contribution in [0.4, 0.5) is 10.5 Å². The number of anilines is 1. The highest BCUT2D eigenvalue weighted by Gasteiger charge is 2.43. The molecule has 4 atom stereocenters. The lowest BCUT2D eigenvalue weighted by Gasteiger charge is -2.39. The Morgan fingerprint density at radius 2 is 2.21 bits per heavy atom. The van der Waals surface area contributed by atoms with Crippen molar-refractivity contribution >= 4 is 11.8 Å². The van der Waals surface area contributed by atoms with Gasteiger partial charge in [-0.15, -0.1) is 0 Å². The molecule has 2 aliphatic rings. The van der Waals surface area contributed by atoms with E-state index in [0.29, 0.717) is 18.0 Å². The van der Waals surface area contributed by atoms with Gasteiger partial charge in [0.05, 0.1) is 24.1 Å². The summed E-state index contributed by atoms with van der Waals surface area (Å²) in [4.78, 5) is 16.3. The smallest absolute Gasteiger partial charge is 0.407 e. The van der Waals surface area contributed by atoms with Gasteiger partial charge in [-0.3, -0.25) is 4.98 Å². The Balaban J connectivity index is 1.75. The van der Waals surface area contributed by atoms with Gasteiger partial charge in [0.1, 0.15) is 5.60 Å². The van der Waals surface area contributed by atoms with Crippen LogP contribution in [0.15, 0.2) is 18.5 Å². The standard InChI is InChI=1S/C18H27N3O3/c1-18(2,3)24-17(22)21-14-9-16(11-7-8-20-10-13(11)19)23-15-6-4-5-12(14)15/h7-8,10,12,14-16H,4-6,9,19H2,1-3H3,(H,21,22)/t12-,14-,15-,16?/m0/s1. The zero-order chi connectivity index (χ0) is 17.3. The van der Waals surface area contributed by atoms with E-state index in [4.69, 9.17) is 15.2 Å². The second kappa shape index (κ2) is 6.59. The highest BCUT2D eigenvalue weighted by molar-refractivity contribution is 5.68. The minimum atomic E-state index is -0.501. The van der Waals surface area contributed by atoms with Gasteiger partial charge in [0.15, 0.2) is 0 Å². The molecule has 1 aromatic rings. The second-order valence-corrected chi connectivity index (χ2v) is 7.75. The maximum atomic E-state index is 12.2. The Morgan fingerprint density at radius 3 is 2.92 bits per heavy atom. The number of carbonyl (C=O) groups excluding carboxylic acids is 1. The fourth-order valence-corrected chi connectivity index (χ4v) is 3.79. The van der Waals surface area contributed by atoms with Gasteiger partial charge in [0.25, 0.3) is 0 Å². The molecule has 1 saturated heterocycles. The lowest BCUT2D eigenvalue weighted by molar-refractivity contribution is -0.0860. The summed E-state index contributed by atoms with van der Waals surface area (Å²) >= 11 is 0. The summed E-state index contributed by atoms with van der Waals surface area (Å²) in [6.45, 7) is 5.61. The summed E-state index contributed by atoms with van der Waals surface area (Å²) in [7, 11) is 0. The van der Waals surface area contributed by atoms with Gasteiger partial charge in [-0.1, -0.05) is 6.42 Å². The Labute approximate surface area is 143 Å². The van der Waals surface area contributed by atoms with Gasteiger partial charge in [-0.25, -0.2) is 4.79 Å². The zero-order valence-electron chi connectivity index (χ0n) is 14.6. The van der Waals surface area contributed by atoms with E-state index in [9.17, 15) is 4.79 Å². The van der Waals surface area contributed by atoms with E-state index >= 15 is 0 Å². The molecule has 0 spiro atoms. The molecule has 0 radical (unpaired) electrons. The van der Waals surface area contributed by atoms with Crippen molar-refractivity contribution in [1.29, 1.82) is 0 Å². The normalized spacial score (nSPS) is 29.8. The van der Waals surface area contributed by atoms with Gasteiger partial charge in [0.2, 0.25) is 0 Å². The number of pyridine rings is 1. The van der Waals surface area contributed by atoms with Crippen molar-refractivity contribution in [1.82, 2.24) is 10.3 Å². The molecular formula is C18H27N3O3. The van der Waals surface area contributed by atoms with E-state index in [-0.39, 0.29) is 24.3 Å². The molecular weight excluding hydrogens is 306 g/mol. The summed E-state index contributed by atoms with van der Waals surface area (Å²) in [5.74, 6) is 0.344. The average molecular weight is 333 g/mol. The number of rotatable bonds is 2.